The van der Waals surface area contributed by atoms with Crippen LogP contribution in [0.25, 0.3) is 0 Å². The zero-order valence-electron chi connectivity index (χ0n) is 9.79. The Hall–Kier alpha value is -0.730. The lowest BCUT2D eigenvalue weighted by molar-refractivity contribution is 0.132. The molecule has 1 N–H and O–H groups in total. The summed E-state index contributed by atoms with van der Waals surface area (Å²) in [5.74, 6) is 1.40. The summed E-state index contributed by atoms with van der Waals surface area (Å²) >= 11 is 6.13. The molecule has 2 nitrogen and oxygen atoms in total. The van der Waals surface area contributed by atoms with E-state index in [0.717, 1.165) is 49.5 Å². The first-order valence-corrected chi connectivity index (χ1v) is 6.74. The molecule has 0 radical (unpaired) electrons. The van der Waals surface area contributed by atoms with Crippen molar-refractivity contribution in [1.29, 1.82) is 0 Å². The third-order valence-electron chi connectivity index (χ3n) is 3.93. The molecule has 2 aliphatic rings. The molecular weight excluding hydrogens is 236 g/mol. The SMILES string of the molecule is OC1CCCC1Cc1cc(Cl)cc2c1OCC2. The van der Waals surface area contributed by atoms with Crippen molar-refractivity contribution in [3.05, 3.63) is 28.3 Å². The Morgan fingerprint density at radius 2 is 2.24 bits per heavy atom. The number of rotatable bonds is 2. The monoisotopic (exact) mass is 252 g/mol. The van der Waals surface area contributed by atoms with Crippen LogP contribution in [0.2, 0.25) is 5.02 Å². The molecule has 0 spiro atoms. The quantitative estimate of drug-likeness (QED) is 0.877. The Morgan fingerprint density at radius 3 is 3.00 bits per heavy atom. The summed E-state index contributed by atoms with van der Waals surface area (Å²) in [5, 5.41) is 10.7. The van der Waals surface area contributed by atoms with Crippen molar-refractivity contribution in [2.24, 2.45) is 5.92 Å². The van der Waals surface area contributed by atoms with Gasteiger partial charge in [-0.1, -0.05) is 18.0 Å². The Bertz CT molecular complexity index is 430. The summed E-state index contributed by atoms with van der Waals surface area (Å²) in [5.41, 5.74) is 2.40. The van der Waals surface area contributed by atoms with E-state index in [-0.39, 0.29) is 6.10 Å². The highest BCUT2D eigenvalue weighted by Gasteiger charge is 2.27. The number of halogens is 1. The van der Waals surface area contributed by atoms with Crippen molar-refractivity contribution >= 4 is 11.6 Å². The smallest absolute Gasteiger partial charge is 0.125 e. The van der Waals surface area contributed by atoms with Gasteiger partial charge in [-0.15, -0.1) is 0 Å². The molecule has 1 aliphatic heterocycles. The average molecular weight is 253 g/mol. The summed E-state index contributed by atoms with van der Waals surface area (Å²) in [7, 11) is 0. The Kier molecular flexibility index (Phi) is 3.01. The minimum Gasteiger partial charge on any atom is -0.493 e. The lowest BCUT2D eigenvalue weighted by Crippen LogP contribution is -2.15. The van der Waals surface area contributed by atoms with Crippen molar-refractivity contribution in [2.45, 2.75) is 38.2 Å². The molecule has 0 saturated heterocycles. The van der Waals surface area contributed by atoms with Gasteiger partial charge in [-0.05, 0) is 48.4 Å². The lowest BCUT2D eigenvalue weighted by Gasteiger charge is -2.16. The van der Waals surface area contributed by atoms with E-state index in [1.165, 1.54) is 11.1 Å². The van der Waals surface area contributed by atoms with Gasteiger partial charge >= 0.3 is 0 Å². The highest BCUT2D eigenvalue weighted by Crippen LogP contribution is 2.37. The molecular formula is C14H17ClO2. The number of aliphatic hydroxyl groups is 1. The van der Waals surface area contributed by atoms with Gasteiger partial charge in [0.1, 0.15) is 5.75 Å². The second kappa shape index (κ2) is 4.51. The van der Waals surface area contributed by atoms with Gasteiger partial charge in [0.2, 0.25) is 0 Å². The third-order valence-corrected chi connectivity index (χ3v) is 4.14. The van der Waals surface area contributed by atoms with Crippen molar-refractivity contribution in [3.63, 3.8) is 0 Å². The van der Waals surface area contributed by atoms with Crippen molar-refractivity contribution in [2.75, 3.05) is 6.61 Å². The van der Waals surface area contributed by atoms with E-state index in [9.17, 15) is 5.11 Å². The predicted octanol–water partition coefficient (Wildman–Crippen LogP) is 2.98. The molecule has 2 unspecified atom stereocenters. The molecule has 17 heavy (non-hydrogen) atoms. The molecule has 1 aromatic rings. The van der Waals surface area contributed by atoms with Crippen LogP contribution < -0.4 is 4.74 Å². The predicted molar refractivity (Wildman–Crippen MR) is 67.7 cm³/mol. The minimum absolute atomic E-state index is 0.147. The molecule has 0 amide bonds. The third kappa shape index (κ3) is 2.16. The highest BCUT2D eigenvalue weighted by atomic mass is 35.5. The van der Waals surface area contributed by atoms with Gasteiger partial charge in [-0.3, -0.25) is 0 Å². The van der Waals surface area contributed by atoms with Crippen molar-refractivity contribution < 1.29 is 9.84 Å². The summed E-state index contributed by atoms with van der Waals surface area (Å²) in [4.78, 5) is 0. The number of fused-ring (bicyclic) bond motifs is 1. The topological polar surface area (TPSA) is 29.5 Å². The van der Waals surface area contributed by atoms with E-state index in [4.69, 9.17) is 16.3 Å². The number of aliphatic hydroxyl groups excluding tert-OH is 1. The van der Waals surface area contributed by atoms with Crippen LogP contribution in [0.1, 0.15) is 30.4 Å². The number of ether oxygens (including phenoxy) is 1. The van der Waals surface area contributed by atoms with Crippen LogP contribution in [-0.4, -0.2) is 17.8 Å². The van der Waals surface area contributed by atoms with E-state index in [1.807, 2.05) is 12.1 Å². The molecule has 2 atom stereocenters. The first-order valence-electron chi connectivity index (χ1n) is 6.36. The summed E-state index contributed by atoms with van der Waals surface area (Å²) < 4.78 is 5.69. The normalized spacial score (nSPS) is 26.9. The largest absolute Gasteiger partial charge is 0.493 e. The molecule has 1 saturated carbocycles. The van der Waals surface area contributed by atoms with Gasteiger partial charge in [0, 0.05) is 11.4 Å². The first kappa shape index (κ1) is 11.4. The molecule has 1 aromatic carbocycles. The summed E-state index contributed by atoms with van der Waals surface area (Å²) in [6.45, 7) is 0.760. The van der Waals surface area contributed by atoms with Crippen molar-refractivity contribution in [3.8, 4) is 5.75 Å². The van der Waals surface area contributed by atoms with Gasteiger partial charge in [0.25, 0.3) is 0 Å². The van der Waals surface area contributed by atoms with Crippen LogP contribution in [0.15, 0.2) is 12.1 Å². The van der Waals surface area contributed by atoms with Crippen LogP contribution in [0.3, 0.4) is 0 Å². The lowest BCUT2D eigenvalue weighted by atomic mass is 9.94. The zero-order chi connectivity index (χ0) is 11.8. The van der Waals surface area contributed by atoms with Crippen LogP contribution in [0.5, 0.6) is 5.75 Å². The van der Waals surface area contributed by atoms with Crippen LogP contribution >= 0.6 is 11.6 Å². The highest BCUT2D eigenvalue weighted by molar-refractivity contribution is 6.30. The molecule has 1 aliphatic carbocycles. The molecule has 1 fully saturated rings. The van der Waals surface area contributed by atoms with Crippen molar-refractivity contribution in [1.82, 2.24) is 0 Å². The second-order valence-corrected chi connectivity index (χ2v) is 5.55. The molecule has 0 aromatic heterocycles. The van der Waals surface area contributed by atoms with E-state index >= 15 is 0 Å². The molecule has 92 valence electrons. The van der Waals surface area contributed by atoms with Gasteiger partial charge < -0.3 is 9.84 Å². The molecule has 3 rings (SSSR count). The van der Waals surface area contributed by atoms with Crippen LogP contribution in [-0.2, 0) is 12.8 Å². The zero-order valence-corrected chi connectivity index (χ0v) is 10.5. The maximum absolute atomic E-state index is 9.89. The fraction of sp³-hybridized carbons (Fsp3) is 0.571. The standard InChI is InChI=1S/C14H17ClO2/c15-12-7-10-4-5-17-14(10)11(8-12)6-9-2-1-3-13(9)16/h7-9,13,16H,1-6H2. The number of hydrogen-bond donors (Lipinski definition) is 1. The second-order valence-electron chi connectivity index (χ2n) is 5.11. The summed E-state index contributed by atoms with van der Waals surface area (Å²) in [6.07, 6.45) is 4.89. The van der Waals surface area contributed by atoms with E-state index in [2.05, 4.69) is 0 Å². The summed E-state index contributed by atoms with van der Waals surface area (Å²) in [6, 6.07) is 4.00. The van der Waals surface area contributed by atoms with Gasteiger partial charge in [0.15, 0.2) is 0 Å². The van der Waals surface area contributed by atoms with E-state index < -0.39 is 0 Å². The number of hydrogen-bond acceptors (Lipinski definition) is 2. The van der Waals surface area contributed by atoms with Gasteiger partial charge in [0.05, 0.1) is 12.7 Å². The van der Waals surface area contributed by atoms with Crippen LogP contribution in [0.4, 0.5) is 0 Å². The van der Waals surface area contributed by atoms with E-state index in [1.54, 1.807) is 0 Å². The fourth-order valence-corrected chi connectivity index (χ4v) is 3.30. The van der Waals surface area contributed by atoms with E-state index in [0.29, 0.717) is 5.92 Å². The Labute approximate surface area is 107 Å². The maximum atomic E-state index is 9.89. The Morgan fingerprint density at radius 1 is 1.35 bits per heavy atom. The van der Waals surface area contributed by atoms with Gasteiger partial charge in [-0.25, -0.2) is 0 Å². The number of benzene rings is 1. The van der Waals surface area contributed by atoms with Gasteiger partial charge in [-0.2, -0.15) is 0 Å². The first-order chi connectivity index (χ1) is 8.24. The molecule has 1 heterocycles. The maximum Gasteiger partial charge on any atom is 0.125 e. The Balaban J connectivity index is 1.87. The average Bonchev–Trinajstić information content (AvgIpc) is 2.88. The van der Waals surface area contributed by atoms with Crippen LogP contribution in [0, 0.1) is 5.92 Å². The molecule has 0 bridgehead atoms. The molecule has 3 heteroatoms. The minimum atomic E-state index is -0.147. The fourth-order valence-electron chi connectivity index (χ4n) is 3.04.